The Labute approximate surface area is 62.9 Å². The molecule has 0 saturated heterocycles. The molecule has 1 aromatic heterocycles. The summed E-state index contributed by atoms with van der Waals surface area (Å²) in [6.45, 7) is 3.69. The van der Waals surface area contributed by atoms with Gasteiger partial charge < -0.3 is 5.73 Å². The maximum atomic E-state index is 5.53. The number of nitrogen functional groups attached to an aromatic ring is 1. The first-order valence-electron chi connectivity index (χ1n) is 3.09. The lowest BCUT2D eigenvalue weighted by atomic mass is 10.4. The van der Waals surface area contributed by atoms with Gasteiger partial charge in [-0.2, -0.15) is 9.97 Å². The van der Waals surface area contributed by atoms with Gasteiger partial charge in [-0.25, -0.2) is 0 Å². The number of nitrogens with one attached hydrogen (secondary N) is 1. The summed E-state index contributed by atoms with van der Waals surface area (Å²) in [5.41, 5.74) is 6.19. The van der Waals surface area contributed by atoms with E-state index in [1.807, 2.05) is 0 Å². The average Bonchev–Trinajstić information content (AvgIpc) is 2.35. The number of aromatic nitrogens is 2. The lowest BCUT2D eigenvalue weighted by molar-refractivity contribution is -0.482. The SMILES string of the molecule is C=[N+]1C=Nc2c(N)nc[nH+]c21. The fourth-order valence-corrected chi connectivity index (χ4v) is 0.945. The van der Waals surface area contributed by atoms with Crippen molar-refractivity contribution in [1.82, 2.24) is 4.98 Å². The molecular formula is C6H7N5+2. The number of aromatic amines is 1. The summed E-state index contributed by atoms with van der Waals surface area (Å²) in [5.74, 6) is 1.19. The summed E-state index contributed by atoms with van der Waals surface area (Å²) < 4.78 is 1.60. The molecule has 5 heteroatoms. The van der Waals surface area contributed by atoms with Gasteiger partial charge in [0.2, 0.25) is 6.33 Å². The predicted molar refractivity (Wildman–Crippen MR) is 40.4 cm³/mol. The number of nitrogens with zero attached hydrogens (tertiary/aromatic N) is 3. The molecule has 0 aromatic carbocycles. The number of fused-ring (bicyclic) bond motifs is 1. The normalized spacial score (nSPS) is 13.6. The number of nitrogens with two attached hydrogens (primary N) is 1. The third kappa shape index (κ3) is 0.706. The molecule has 1 aromatic rings. The van der Waals surface area contributed by atoms with Crippen LogP contribution >= 0.6 is 0 Å². The zero-order chi connectivity index (χ0) is 7.84. The molecule has 1 aliphatic heterocycles. The van der Waals surface area contributed by atoms with E-state index in [9.17, 15) is 0 Å². The van der Waals surface area contributed by atoms with Crippen LogP contribution in [0.4, 0.5) is 17.3 Å². The average molecular weight is 149 g/mol. The number of aliphatic imine (C=N–C) groups is 1. The van der Waals surface area contributed by atoms with Gasteiger partial charge in [-0.05, 0) is 0 Å². The van der Waals surface area contributed by atoms with E-state index in [4.69, 9.17) is 5.73 Å². The van der Waals surface area contributed by atoms with E-state index in [2.05, 4.69) is 21.7 Å². The van der Waals surface area contributed by atoms with Crippen molar-refractivity contribution in [2.75, 3.05) is 5.73 Å². The number of hydrogen-bond acceptors (Lipinski definition) is 3. The zero-order valence-electron chi connectivity index (χ0n) is 5.78. The maximum absolute atomic E-state index is 5.53. The van der Waals surface area contributed by atoms with Gasteiger partial charge in [-0.3, -0.25) is 0 Å². The lowest BCUT2D eigenvalue weighted by Crippen LogP contribution is -2.11. The molecule has 1 aliphatic rings. The minimum Gasteiger partial charge on any atom is -0.379 e. The van der Waals surface area contributed by atoms with Crippen molar-refractivity contribution in [2.45, 2.75) is 0 Å². The first-order chi connectivity index (χ1) is 5.29. The van der Waals surface area contributed by atoms with Crippen molar-refractivity contribution in [2.24, 2.45) is 4.99 Å². The highest BCUT2D eigenvalue weighted by atomic mass is 15.2. The van der Waals surface area contributed by atoms with Gasteiger partial charge in [-0.1, -0.05) is 0 Å². The predicted octanol–water partition coefficient (Wildman–Crippen LogP) is -0.504. The van der Waals surface area contributed by atoms with Gasteiger partial charge >= 0.3 is 17.8 Å². The van der Waals surface area contributed by atoms with Crippen molar-refractivity contribution in [3.05, 3.63) is 6.33 Å². The van der Waals surface area contributed by atoms with Crippen molar-refractivity contribution in [1.29, 1.82) is 0 Å². The van der Waals surface area contributed by atoms with Crippen LogP contribution in [0.2, 0.25) is 0 Å². The molecule has 0 amide bonds. The molecule has 0 spiro atoms. The molecule has 2 rings (SSSR count). The Morgan fingerprint density at radius 1 is 1.64 bits per heavy atom. The minimum atomic E-state index is 0.418. The van der Waals surface area contributed by atoms with Crippen molar-refractivity contribution in [3.8, 4) is 0 Å². The molecule has 2 heterocycles. The van der Waals surface area contributed by atoms with Crippen LogP contribution in [-0.4, -0.2) is 22.6 Å². The van der Waals surface area contributed by atoms with Crippen LogP contribution in [0.1, 0.15) is 0 Å². The highest BCUT2D eigenvalue weighted by Gasteiger charge is 2.30. The van der Waals surface area contributed by atoms with Crippen LogP contribution in [0.3, 0.4) is 0 Å². The van der Waals surface area contributed by atoms with Crippen LogP contribution in [-0.2, 0) is 0 Å². The Balaban J connectivity index is 2.74. The van der Waals surface area contributed by atoms with Crippen molar-refractivity contribution < 1.29 is 9.56 Å². The van der Waals surface area contributed by atoms with Gasteiger partial charge in [0.15, 0.2) is 5.82 Å². The van der Waals surface area contributed by atoms with E-state index in [1.165, 1.54) is 6.33 Å². The summed E-state index contributed by atoms with van der Waals surface area (Å²) >= 11 is 0. The molecule has 0 saturated carbocycles. The molecule has 0 fully saturated rings. The summed E-state index contributed by atoms with van der Waals surface area (Å²) in [6, 6.07) is 0. The number of hydrogen-bond donors (Lipinski definition) is 1. The molecule has 0 aliphatic carbocycles. The van der Waals surface area contributed by atoms with Gasteiger partial charge in [0.25, 0.3) is 0 Å². The second-order valence-electron chi connectivity index (χ2n) is 2.20. The van der Waals surface area contributed by atoms with Crippen LogP contribution < -0.4 is 10.7 Å². The van der Waals surface area contributed by atoms with Crippen LogP contribution in [0.15, 0.2) is 11.3 Å². The van der Waals surface area contributed by atoms with E-state index in [1.54, 1.807) is 10.9 Å². The largest absolute Gasteiger partial charge is 0.409 e. The second-order valence-corrected chi connectivity index (χ2v) is 2.20. The molecule has 3 N–H and O–H groups in total. The fraction of sp³-hybridized carbons (Fsp3) is 0. The van der Waals surface area contributed by atoms with Gasteiger partial charge in [-0.15, -0.1) is 4.58 Å². The molecule has 11 heavy (non-hydrogen) atoms. The fourth-order valence-electron chi connectivity index (χ4n) is 0.945. The summed E-state index contributed by atoms with van der Waals surface area (Å²) in [6.07, 6.45) is 3.10. The van der Waals surface area contributed by atoms with Gasteiger partial charge in [0, 0.05) is 4.99 Å². The second kappa shape index (κ2) is 1.85. The Bertz CT molecular complexity index is 354. The van der Waals surface area contributed by atoms with E-state index in [0.29, 0.717) is 11.5 Å². The third-order valence-corrected chi connectivity index (χ3v) is 1.49. The Hall–Kier alpha value is -1.78. The minimum absolute atomic E-state index is 0.418. The summed E-state index contributed by atoms with van der Waals surface area (Å²) in [5, 5.41) is 0. The molecule has 0 atom stereocenters. The monoisotopic (exact) mass is 149 g/mol. The maximum Gasteiger partial charge on any atom is 0.409 e. The molecule has 0 unspecified atom stereocenters. The highest BCUT2D eigenvalue weighted by molar-refractivity contribution is 5.76. The Morgan fingerprint density at radius 2 is 2.45 bits per heavy atom. The summed E-state index contributed by atoms with van der Waals surface area (Å²) in [7, 11) is 0. The Kier molecular flexibility index (Phi) is 1.00. The van der Waals surface area contributed by atoms with Crippen molar-refractivity contribution in [3.63, 3.8) is 0 Å². The molecule has 0 radical (unpaired) electrons. The smallest absolute Gasteiger partial charge is 0.379 e. The molecule has 54 valence electrons. The van der Waals surface area contributed by atoms with Crippen LogP contribution in [0, 0.1) is 0 Å². The van der Waals surface area contributed by atoms with Crippen molar-refractivity contribution >= 4 is 30.4 Å². The van der Waals surface area contributed by atoms with Crippen LogP contribution in [0.25, 0.3) is 0 Å². The topological polar surface area (TPSA) is 68.4 Å². The standard InChI is InChI=1S/C6H6N5/c1-11-3-10-4-5(7)8-2-9-6(4)11/h2-3H,1H2,(H2,7,8,9)/q+1/p+1. The highest BCUT2D eigenvalue weighted by Crippen LogP contribution is 2.29. The third-order valence-electron chi connectivity index (χ3n) is 1.49. The summed E-state index contributed by atoms with van der Waals surface area (Å²) in [4.78, 5) is 10.7. The molecule has 5 nitrogen and oxygen atoms in total. The first-order valence-corrected chi connectivity index (χ1v) is 3.09. The molecule has 0 bridgehead atoms. The number of H-pyrrole nitrogens is 1. The number of anilines is 1. The Morgan fingerprint density at radius 3 is 3.18 bits per heavy atom. The zero-order valence-corrected chi connectivity index (χ0v) is 5.78. The van der Waals surface area contributed by atoms with Gasteiger partial charge in [0.1, 0.15) is 0 Å². The van der Waals surface area contributed by atoms with E-state index in [0.717, 1.165) is 5.82 Å². The molecular weight excluding hydrogens is 142 g/mol. The first kappa shape index (κ1) is 5.96. The van der Waals surface area contributed by atoms with E-state index >= 15 is 0 Å². The quantitative estimate of drug-likeness (QED) is 0.505. The van der Waals surface area contributed by atoms with E-state index < -0.39 is 0 Å². The van der Waals surface area contributed by atoms with Gasteiger partial charge in [0.05, 0.1) is 6.72 Å². The van der Waals surface area contributed by atoms with E-state index in [-0.39, 0.29) is 0 Å². The number of rotatable bonds is 0. The lowest BCUT2D eigenvalue weighted by Gasteiger charge is -1.86. The van der Waals surface area contributed by atoms with Crippen LogP contribution in [0.5, 0.6) is 0 Å².